The van der Waals surface area contributed by atoms with Gasteiger partial charge in [0.15, 0.2) is 9.84 Å². The maximum Gasteiger partial charge on any atom is 0.178 e. The van der Waals surface area contributed by atoms with Gasteiger partial charge in [0.2, 0.25) is 0 Å². The highest BCUT2D eigenvalue weighted by atomic mass is 32.2. The minimum atomic E-state index is -3.20. The Labute approximate surface area is 95.0 Å². The molecule has 0 aliphatic heterocycles. The second kappa shape index (κ2) is 3.85. The van der Waals surface area contributed by atoms with E-state index in [1.165, 1.54) is 17.1 Å². The third-order valence-corrected chi connectivity index (χ3v) is 4.10. The van der Waals surface area contributed by atoms with Crippen LogP contribution in [0.5, 0.6) is 0 Å². The van der Waals surface area contributed by atoms with Crippen LogP contribution in [0.2, 0.25) is 0 Å². The lowest BCUT2D eigenvalue weighted by molar-refractivity contribution is 0.0264. The van der Waals surface area contributed by atoms with E-state index in [4.69, 9.17) is 0 Å². The van der Waals surface area contributed by atoms with Gasteiger partial charge in [0, 0.05) is 12.5 Å². The Morgan fingerprint density at radius 1 is 1.50 bits per heavy atom. The van der Waals surface area contributed by atoms with Gasteiger partial charge in [0.05, 0.1) is 18.3 Å². The zero-order valence-electron chi connectivity index (χ0n) is 9.26. The summed E-state index contributed by atoms with van der Waals surface area (Å²) in [6.45, 7) is 0.377. The van der Waals surface area contributed by atoms with Gasteiger partial charge in [-0.15, -0.1) is 0 Å². The van der Waals surface area contributed by atoms with Crippen molar-refractivity contribution in [1.29, 1.82) is 0 Å². The molecule has 2 rings (SSSR count). The van der Waals surface area contributed by atoms with Gasteiger partial charge in [0.1, 0.15) is 4.90 Å². The molecule has 0 aromatic carbocycles. The van der Waals surface area contributed by atoms with E-state index in [0.29, 0.717) is 6.54 Å². The quantitative estimate of drug-likeness (QED) is 0.844. The van der Waals surface area contributed by atoms with Crippen LogP contribution in [0, 0.1) is 0 Å². The van der Waals surface area contributed by atoms with Gasteiger partial charge in [-0.2, -0.15) is 5.10 Å². The van der Waals surface area contributed by atoms with Crippen molar-refractivity contribution in [2.75, 3.05) is 6.26 Å². The van der Waals surface area contributed by atoms with Gasteiger partial charge < -0.3 is 5.11 Å². The van der Waals surface area contributed by atoms with Crippen molar-refractivity contribution in [2.24, 2.45) is 0 Å². The number of hydrogen-bond acceptors (Lipinski definition) is 4. The molecule has 1 saturated carbocycles. The number of aliphatic hydroxyl groups is 1. The van der Waals surface area contributed by atoms with Crippen molar-refractivity contribution in [3.05, 3.63) is 12.4 Å². The first-order valence-corrected chi connectivity index (χ1v) is 7.23. The zero-order chi connectivity index (χ0) is 11.8. The number of hydrogen-bond donors (Lipinski definition) is 1. The molecule has 1 aromatic heterocycles. The second-order valence-electron chi connectivity index (χ2n) is 4.58. The van der Waals surface area contributed by atoms with E-state index in [1.54, 1.807) is 0 Å². The Kier molecular flexibility index (Phi) is 2.79. The van der Waals surface area contributed by atoms with E-state index in [1.807, 2.05) is 0 Å². The molecule has 1 aromatic rings. The fourth-order valence-electron chi connectivity index (χ4n) is 2.12. The van der Waals surface area contributed by atoms with Crippen molar-refractivity contribution < 1.29 is 13.5 Å². The van der Waals surface area contributed by atoms with Crippen LogP contribution in [-0.2, 0) is 16.4 Å². The number of aromatic nitrogens is 2. The highest BCUT2D eigenvalue weighted by molar-refractivity contribution is 7.90. The molecule has 1 heterocycles. The van der Waals surface area contributed by atoms with Gasteiger partial charge in [-0.3, -0.25) is 4.68 Å². The molecule has 0 atom stereocenters. The van der Waals surface area contributed by atoms with E-state index in [9.17, 15) is 13.5 Å². The lowest BCUT2D eigenvalue weighted by atomic mass is 10.0. The molecule has 1 aliphatic rings. The Hall–Kier alpha value is -0.880. The highest BCUT2D eigenvalue weighted by Crippen LogP contribution is 2.30. The molecule has 0 amide bonds. The molecule has 1 fully saturated rings. The molecule has 16 heavy (non-hydrogen) atoms. The van der Waals surface area contributed by atoms with Crippen molar-refractivity contribution >= 4 is 9.84 Å². The summed E-state index contributed by atoms with van der Waals surface area (Å²) in [5.41, 5.74) is -0.708. The lowest BCUT2D eigenvalue weighted by Crippen LogP contribution is -2.30. The first kappa shape index (κ1) is 11.6. The van der Waals surface area contributed by atoms with Gasteiger partial charge >= 0.3 is 0 Å². The summed E-state index contributed by atoms with van der Waals surface area (Å²) in [4.78, 5) is 0.203. The molecule has 90 valence electrons. The van der Waals surface area contributed by atoms with E-state index < -0.39 is 15.4 Å². The molecule has 0 bridgehead atoms. The molecule has 0 saturated heterocycles. The monoisotopic (exact) mass is 244 g/mol. The van der Waals surface area contributed by atoms with Crippen LogP contribution in [0.1, 0.15) is 25.7 Å². The summed E-state index contributed by atoms with van der Waals surface area (Å²) in [5, 5.41) is 14.1. The van der Waals surface area contributed by atoms with Crippen molar-refractivity contribution in [3.8, 4) is 0 Å². The fraction of sp³-hybridized carbons (Fsp3) is 0.700. The van der Waals surface area contributed by atoms with E-state index in [0.717, 1.165) is 31.9 Å². The van der Waals surface area contributed by atoms with Gasteiger partial charge in [-0.1, -0.05) is 12.8 Å². The molecule has 1 N–H and O–H groups in total. The average Bonchev–Trinajstić information content (AvgIpc) is 2.74. The molecule has 0 spiro atoms. The highest BCUT2D eigenvalue weighted by Gasteiger charge is 2.31. The molecular weight excluding hydrogens is 228 g/mol. The SMILES string of the molecule is CS(=O)(=O)c1cnn(CC2(O)CCCC2)c1. The molecule has 0 unspecified atom stereocenters. The van der Waals surface area contributed by atoms with E-state index in [-0.39, 0.29) is 4.90 Å². The van der Waals surface area contributed by atoms with Crippen molar-refractivity contribution in [1.82, 2.24) is 9.78 Å². The van der Waals surface area contributed by atoms with E-state index >= 15 is 0 Å². The Morgan fingerprint density at radius 3 is 2.62 bits per heavy atom. The maximum absolute atomic E-state index is 11.2. The minimum absolute atomic E-state index is 0.203. The zero-order valence-corrected chi connectivity index (χ0v) is 10.1. The Morgan fingerprint density at radius 2 is 2.12 bits per heavy atom. The summed E-state index contributed by atoms with van der Waals surface area (Å²) >= 11 is 0. The lowest BCUT2D eigenvalue weighted by Gasteiger charge is -2.21. The number of nitrogens with zero attached hydrogens (tertiary/aromatic N) is 2. The van der Waals surface area contributed by atoms with Crippen molar-refractivity contribution in [2.45, 2.75) is 42.7 Å². The molecule has 5 nitrogen and oxygen atoms in total. The summed E-state index contributed by atoms with van der Waals surface area (Å²) in [6.07, 6.45) is 7.54. The van der Waals surface area contributed by atoms with Crippen LogP contribution >= 0.6 is 0 Å². The van der Waals surface area contributed by atoms with Crippen LogP contribution in [0.15, 0.2) is 17.3 Å². The van der Waals surface area contributed by atoms with Crippen LogP contribution in [0.4, 0.5) is 0 Å². The summed E-state index contributed by atoms with van der Waals surface area (Å²) in [5.74, 6) is 0. The van der Waals surface area contributed by atoms with Crippen molar-refractivity contribution in [3.63, 3.8) is 0 Å². The average molecular weight is 244 g/mol. The number of sulfone groups is 1. The third kappa shape index (κ3) is 2.44. The topological polar surface area (TPSA) is 72.2 Å². The standard InChI is InChI=1S/C10H16N2O3S/c1-16(14,15)9-6-11-12(7-9)8-10(13)4-2-3-5-10/h6-7,13H,2-5,8H2,1H3. The Balaban J connectivity index is 2.14. The van der Waals surface area contributed by atoms with Crippen LogP contribution in [0.25, 0.3) is 0 Å². The first-order valence-electron chi connectivity index (χ1n) is 5.34. The minimum Gasteiger partial charge on any atom is -0.388 e. The predicted octanol–water partition coefficient (Wildman–Crippen LogP) is 0.592. The maximum atomic E-state index is 11.2. The van der Waals surface area contributed by atoms with Gasteiger partial charge in [0.25, 0.3) is 0 Å². The fourth-order valence-corrected chi connectivity index (χ4v) is 2.67. The van der Waals surface area contributed by atoms with Crippen LogP contribution in [-0.4, -0.2) is 35.2 Å². The Bertz CT molecular complexity index is 472. The molecular formula is C10H16N2O3S. The largest absolute Gasteiger partial charge is 0.388 e. The normalized spacial score (nSPS) is 20.1. The number of rotatable bonds is 3. The predicted molar refractivity (Wildman–Crippen MR) is 58.8 cm³/mol. The van der Waals surface area contributed by atoms with Crippen LogP contribution in [0.3, 0.4) is 0 Å². The first-order chi connectivity index (χ1) is 7.39. The summed E-state index contributed by atoms with van der Waals surface area (Å²) in [6, 6.07) is 0. The second-order valence-corrected chi connectivity index (χ2v) is 6.59. The smallest absolute Gasteiger partial charge is 0.178 e. The van der Waals surface area contributed by atoms with Gasteiger partial charge in [-0.05, 0) is 12.8 Å². The van der Waals surface area contributed by atoms with Gasteiger partial charge in [-0.25, -0.2) is 8.42 Å². The summed E-state index contributed by atoms with van der Waals surface area (Å²) < 4.78 is 24.0. The molecule has 1 aliphatic carbocycles. The molecule has 0 radical (unpaired) electrons. The summed E-state index contributed by atoms with van der Waals surface area (Å²) in [7, 11) is -3.20. The van der Waals surface area contributed by atoms with Crippen LogP contribution < -0.4 is 0 Å². The third-order valence-electron chi connectivity index (χ3n) is 3.03. The molecule has 6 heteroatoms. The van der Waals surface area contributed by atoms with E-state index in [2.05, 4.69) is 5.10 Å².